The van der Waals surface area contributed by atoms with Crippen molar-refractivity contribution in [2.75, 3.05) is 18.4 Å². The Morgan fingerprint density at radius 2 is 1.65 bits per heavy atom. The molecule has 14 heteroatoms. The van der Waals surface area contributed by atoms with Crippen LogP contribution in [0.3, 0.4) is 0 Å². The molecule has 0 saturated carbocycles. The molecule has 0 spiro atoms. The summed E-state index contributed by atoms with van der Waals surface area (Å²) >= 11 is 0. The molecular weight excluding hydrogens is 556 g/mol. The van der Waals surface area contributed by atoms with Crippen molar-refractivity contribution in [1.29, 1.82) is 0 Å². The van der Waals surface area contributed by atoms with Crippen molar-refractivity contribution >= 4 is 46.2 Å². The number of carbonyl (C=O) groups is 4. The zero-order valence-electron chi connectivity index (χ0n) is 25.4. The van der Waals surface area contributed by atoms with Crippen LogP contribution in [0.1, 0.15) is 52.5 Å². The van der Waals surface area contributed by atoms with Gasteiger partial charge < -0.3 is 42.9 Å². The predicted molar refractivity (Wildman–Crippen MR) is 165 cm³/mol. The molecule has 0 aliphatic rings. The monoisotopic (exact) mass is 600 g/mol. The Hall–Kier alpha value is -4.46. The molecule has 43 heavy (non-hydrogen) atoms. The number of nitrogens with one attached hydrogen (secondary N) is 4. The summed E-state index contributed by atoms with van der Waals surface area (Å²) in [5.74, 6) is -2.31. The van der Waals surface area contributed by atoms with Crippen molar-refractivity contribution in [2.45, 2.75) is 72.0 Å². The molecule has 236 valence electrons. The third-order valence-electron chi connectivity index (χ3n) is 6.60. The Morgan fingerprint density at radius 3 is 2.28 bits per heavy atom. The molecule has 4 amide bonds. The lowest BCUT2D eigenvalue weighted by molar-refractivity contribution is -0.132. The topological polar surface area (TPSA) is 237 Å². The van der Waals surface area contributed by atoms with Crippen LogP contribution >= 0.6 is 0 Å². The molecule has 10 N–H and O–H groups in total. The van der Waals surface area contributed by atoms with E-state index in [4.69, 9.17) is 21.6 Å². The van der Waals surface area contributed by atoms with Crippen molar-refractivity contribution in [3.05, 3.63) is 40.2 Å². The third-order valence-corrected chi connectivity index (χ3v) is 6.60. The van der Waals surface area contributed by atoms with Crippen LogP contribution in [0.15, 0.2) is 38.5 Å². The molecule has 2 rings (SSSR count). The number of amides is 4. The van der Waals surface area contributed by atoms with Gasteiger partial charge in [0.2, 0.25) is 23.6 Å². The average molecular weight is 601 g/mol. The van der Waals surface area contributed by atoms with Gasteiger partial charge in [-0.1, -0.05) is 27.7 Å². The SMILES string of the molecule is Cc1cc(=O)oc2cc(NC(=O)[C@H](CCCN=C(N)N)NC(=O)CNC(=O)[C@H](CC(C)C)NC(=O)[C@@H](N)C(C)C)ccc12. The van der Waals surface area contributed by atoms with E-state index in [1.807, 2.05) is 13.8 Å². The van der Waals surface area contributed by atoms with Gasteiger partial charge in [-0.15, -0.1) is 0 Å². The van der Waals surface area contributed by atoms with Crippen molar-refractivity contribution < 1.29 is 23.6 Å². The van der Waals surface area contributed by atoms with Crippen molar-refractivity contribution in [3.8, 4) is 0 Å². The maximum Gasteiger partial charge on any atom is 0.336 e. The van der Waals surface area contributed by atoms with Gasteiger partial charge in [0.25, 0.3) is 0 Å². The number of nitrogens with zero attached hydrogens (tertiary/aromatic N) is 1. The molecule has 0 aliphatic heterocycles. The van der Waals surface area contributed by atoms with Crippen LogP contribution in [0.4, 0.5) is 5.69 Å². The molecule has 0 saturated heterocycles. The van der Waals surface area contributed by atoms with Gasteiger partial charge in [-0.05, 0) is 55.7 Å². The number of hydrogen-bond donors (Lipinski definition) is 7. The molecule has 1 aromatic carbocycles. The number of benzene rings is 1. The van der Waals surface area contributed by atoms with E-state index in [1.54, 1.807) is 32.9 Å². The maximum absolute atomic E-state index is 13.2. The summed E-state index contributed by atoms with van der Waals surface area (Å²) in [6.07, 6.45) is 0.890. The largest absolute Gasteiger partial charge is 0.423 e. The highest BCUT2D eigenvalue weighted by Crippen LogP contribution is 2.21. The summed E-state index contributed by atoms with van der Waals surface area (Å²) in [4.78, 5) is 67.1. The number of guanidine groups is 1. The van der Waals surface area contributed by atoms with Crippen LogP contribution < -0.4 is 44.1 Å². The number of nitrogens with two attached hydrogens (primary N) is 3. The van der Waals surface area contributed by atoms with Gasteiger partial charge in [0.15, 0.2) is 5.96 Å². The van der Waals surface area contributed by atoms with Crippen molar-refractivity contribution in [1.82, 2.24) is 16.0 Å². The lowest BCUT2D eigenvalue weighted by atomic mass is 10.0. The maximum atomic E-state index is 13.2. The minimum Gasteiger partial charge on any atom is -0.423 e. The highest BCUT2D eigenvalue weighted by Gasteiger charge is 2.27. The second kappa shape index (κ2) is 16.2. The summed E-state index contributed by atoms with van der Waals surface area (Å²) in [6.45, 7) is 8.97. The first-order valence-electron chi connectivity index (χ1n) is 14.2. The fourth-order valence-corrected chi connectivity index (χ4v) is 4.21. The van der Waals surface area contributed by atoms with E-state index < -0.39 is 53.9 Å². The minimum atomic E-state index is -1.01. The van der Waals surface area contributed by atoms with Crippen LogP contribution in [0.5, 0.6) is 0 Å². The Labute approximate surface area is 250 Å². The molecule has 0 aliphatic carbocycles. The van der Waals surface area contributed by atoms with Crippen LogP contribution in [-0.4, -0.2) is 60.8 Å². The Balaban J connectivity index is 2.11. The Bertz CT molecular complexity index is 1380. The molecule has 0 unspecified atom stereocenters. The van der Waals surface area contributed by atoms with Crippen LogP contribution in [0.25, 0.3) is 11.0 Å². The molecular formula is C29H44N8O6. The number of hydrogen-bond acceptors (Lipinski definition) is 8. The van der Waals surface area contributed by atoms with E-state index in [1.165, 1.54) is 12.1 Å². The van der Waals surface area contributed by atoms with Crippen molar-refractivity contribution in [3.63, 3.8) is 0 Å². The number of aliphatic imine (C=N–C) groups is 1. The van der Waals surface area contributed by atoms with E-state index in [9.17, 15) is 24.0 Å². The highest BCUT2D eigenvalue weighted by molar-refractivity contribution is 5.99. The van der Waals surface area contributed by atoms with E-state index in [0.29, 0.717) is 29.5 Å². The zero-order valence-corrected chi connectivity index (χ0v) is 25.4. The molecule has 0 bridgehead atoms. The average Bonchev–Trinajstić information content (AvgIpc) is 2.91. The van der Waals surface area contributed by atoms with Gasteiger partial charge in [0.05, 0.1) is 12.6 Å². The number of carbonyl (C=O) groups excluding carboxylic acids is 4. The van der Waals surface area contributed by atoms with Gasteiger partial charge in [0, 0.05) is 29.8 Å². The smallest absolute Gasteiger partial charge is 0.336 e. The normalized spacial score (nSPS) is 13.2. The highest BCUT2D eigenvalue weighted by atomic mass is 16.4. The lowest BCUT2D eigenvalue weighted by Crippen LogP contribution is -2.54. The zero-order chi connectivity index (χ0) is 32.3. The van der Waals surface area contributed by atoms with E-state index in [-0.39, 0.29) is 30.8 Å². The van der Waals surface area contributed by atoms with Crippen LogP contribution in [0, 0.1) is 18.8 Å². The minimum absolute atomic E-state index is 0.0745. The molecule has 3 atom stereocenters. The molecule has 2 aromatic rings. The standard InChI is InChI=1S/C29H44N8O6/c1-15(2)11-21(37-28(42)25(30)16(3)4)26(40)34-14-23(38)36-20(7-6-10-33-29(31)32)27(41)35-18-8-9-19-17(5)12-24(39)43-22(19)13-18/h8-9,12-13,15-16,20-21,25H,6-7,10-11,14,30H2,1-5H3,(H,34,40)(H,35,41)(H,36,38)(H,37,42)(H4,31,32,33)/t20-,21-,25-/m0/s1. The van der Waals surface area contributed by atoms with Crippen molar-refractivity contribution in [2.24, 2.45) is 34.0 Å². The van der Waals surface area contributed by atoms with Crippen LogP contribution in [-0.2, 0) is 19.2 Å². The second-order valence-corrected chi connectivity index (χ2v) is 11.2. The van der Waals surface area contributed by atoms with Gasteiger partial charge in [0.1, 0.15) is 17.7 Å². The summed E-state index contributed by atoms with van der Waals surface area (Å²) in [6, 6.07) is 3.59. The van der Waals surface area contributed by atoms with Gasteiger partial charge in [-0.3, -0.25) is 24.2 Å². The summed E-state index contributed by atoms with van der Waals surface area (Å²) in [5.41, 5.74) is 17.5. The first-order chi connectivity index (χ1) is 20.2. The van der Waals surface area contributed by atoms with E-state index >= 15 is 0 Å². The summed E-state index contributed by atoms with van der Waals surface area (Å²) in [5, 5.41) is 11.3. The molecule has 1 aromatic heterocycles. The van der Waals surface area contributed by atoms with Gasteiger partial charge >= 0.3 is 5.63 Å². The quantitative estimate of drug-likeness (QED) is 0.0639. The first kappa shape index (κ1) is 34.7. The third kappa shape index (κ3) is 11.4. The molecule has 0 fully saturated rings. The fourth-order valence-electron chi connectivity index (χ4n) is 4.21. The number of fused-ring (bicyclic) bond motifs is 1. The molecule has 0 radical (unpaired) electrons. The molecule has 14 nitrogen and oxygen atoms in total. The lowest BCUT2D eigenvalue weighted by Gasteiger charge is -2.23. The number of anilines is 1. The molecule has 1 heterocycles. The number of rotatable bonds is 15. The van der Waals surface area contributed by atoms with Crippen LogP contribution in [0.2, 0.25) is 0 Å². The van der Waals surface area contributed by atoms with E-state index in [0.717, 1.165) is 5.56 Å². The predicted octanol–water partition coefficient (Wildman–Crippen LogP) is 0.209. The second-order valence-electron chi connectivity index (χ2n) is 11.2. The summed E-state index contributed by atoms with van der Waals surface area (Å²) in [7, 11) is 0. The first-order valence-corrected chi connectivity index (χ1v) is 14.2. The van der Waals surface area contributed by atoms with Gasteiger partial charge in [-0.25, -0.2) is 4.79 Å². The fraction of sp³-hybridized carbons (Fsp3) is 0.517. The summed E-state index contributed by atoms with van der Waals surface area (Å²) < 4.78 is 5.25. The van der Waals surface area contributed by atoms with E-state index in [2.05, 4.69) is 26.3 Å². The Kier molecular flexibility index (Phi) is 13.1. The number of aryl methyl sites for hydroxylation is 1. The van der Waals surface area contributed by atoms with Gasteiger partial charge in [-0.2, -0.15) is 0 Å². The Morgan fingerprint density at radius 1 is 0.953 bits per heavy atom.